The maximum Gasteiger partial charge on any atom is 0.262 e. The van der Waals surface area contributed by atoms with Crippen LogP contribution in [0.2, 0.25) is 0 Å². The molecule has 1 aliphatic rings. The SMILES string of the molecule is CC[C@H](C)n1c(SCC(=O)NC2(C#N)CCCCC2)nc2ccccc2c1=O. The Morgan fingerprint density at radius 3 is 2.75 bits per heavy atom. The normalized spacial score (nSPS) is 17.0. The van der Waals surface area contributed by atoms with Gasteiger partial charge in [0.2, 0.25) is 5.91 Å². The summed E-state index contributed by atoms with van der Waals surface area (Å²) in [5, 5.41) is 13.6. The van der Waals surface area contributed by atoms with E-state index in [1.165, 1.54) is 11.8 Å². The van der Waals surface area contributed by atoms with E-state index >= 15 is 0 Å². The van der Waals surface area contributed by atoms with Gasteiger partial charge >= 0.3 is 0 Å². The summed E-state index contributed by atoms with van der Waals surface area (Å²) >= 11 is 1.26. The van der Waals surface area contributed by atoms with Crippen molar-refractivity contribution in [1.29, 1.82) is 5.26 Å². The van der Waals surface area contributed by atoms with Gasteiger partial charge in [-0.15, -0.1) is 0 Å². The minimum Gasteiger partial charge on any atom is -0.337 e. The Bertz CT molecular complexity index is 957. The monoisotopic (exact) mass is 398 g/mol. The zero-order valence-electron chi connectivity index (χ0n) is 16.4. The third kappa shape index (κ3) is 4.22. The molecule has 1 saturated carbocycles. The smallest absolute Gasteiger partial charge is 0.262 e. The minimum absolute atomic E-state index is 0.0148. The van der Waals surface area contributed by atoms with Crippen LogP contribution >= 0.6 is 11.8 Å². The van der Waals surface area contributed by atoms with Crippen molar-refractivity contribution in [1.82, 2.24) is 14.9 Å². The van der Waals surface area contributed by atoms with Crippen molar-refractivity contribution < 1.29 is 4.79 Å². The Kier molecular flexibility index (Phi) is 6.40. The molecule has 148 valence electrons. The van der Waals surface area contributed by atoms with Gasteiger partial charge in [0.1, 0.15) is 5.54 Å². The van der Waals surface area contributed by atoms with Crippen LogP contribution in [-0.2, 0) is 4.79 Å². The second-order valence-corrected chi connectivity index (χ2v) is 8.38. The molecule has 0 saturated heterocycles. The van der Waals surface area contributed by atoms with E-state index in [9.17, 15) is 14.9 Å². The van der Waals surface area contributed by atoms with E-state index in [1.807, 2.05) is 32.0 Å². The maximum atomic E-state index is 13.0. The summed E-state index contributed by atoms with van der Waals surface area (Å²) in [6, 6.07) is 9.57. The number of nitrogens with zero attached hydrogens (tertiary/aromatic N) is 3. The summed E-state index contributed by atoms with van der Waals surface area (Å²) in [4.78, 5) is 30.2. The first kappa shape index (κ1) is 20.4. The van der Waals surface area contributed by atoms with Crippen LogP contribution in [0.1, 0.15) is 58.4 Å². The Morgan fingerprint density at radius 1 is 1.36 bits per heavy atom. The number of carbonyl (C=O) groups is 1. The molecule has 3 rings (SSSR count). The number of aromatic nitrogens is 2. The van der Waals surface area contributed by atoms with Crippen molar-refractivity contribution in [3.8, 4) is 6.07 Å². The van der Waals surface area contributed by atoms with Crippen molar-refractivity contribution in [2.45, 2.75) is 69.1 Å². The molecule has 6 nitrogen and oxygen atoms in total. The van der Waals surface area contributed by atoms with E-state index in [0.29, 0.717) is 28.9 Å². The Morgan fingerprint density at radius 2 is 2.07 bits per heavy atom. The van der Waals surface area contributed by atoms with E-state index in [4.69, 9.17) is 0 Å². The summed E-state index contributed by atoms with van der Waals surface area (Å²) in [6.45, 7) is 4.00. The molecule has 1 atom stereocenters. The summed E-state index contributed by atoms with van der Waals surface area (Å²) in [6.07, 6.45) is 5.21. The van der Waals surface area contributed by atoms with Crippen LogP contribution in [0.25, 0.3) is 10.9 Å². The van der Waals surface area contributed by atoms with Gasteiger partial charge in [0, 0.05) is 6.04 Å². The standard InChI is InChI=1S/C21H26N4O2S/c1-3-15(2)25-19(27)16-9-5-6-10-17(16)23-20(25)28-13-18(26)24-21(14-22)11-7-4-8-12-21/h5-6,9-10,15H,3-4,7-8,11-13H2,1-2H3,(H,24,26)/t15-/m0/s1. The molecule has 0 radical (unpaired) electrons. The molecule has 1 aromatic carbocycles. The second kappa shape index (κ2) is 8.78. The fourth-order valence-electron chi connectivity index (χ4n) is 3.65. The predicted molar refractivity (Wildman–Crippen MR) is 111 cm³/mol. The Labute approximate surface area is 169 Å². The molecular formula is C21H26N4O2S. The Hall–Kier alpha value is -2.33. The lowest BCUT2D eigenvalue weighted by atomic mass is 9.83. The average molecular weight is 399 g/mol. The maximum absolute atomic E-state index is 13.0. The largest absolute Gasteiger partial charge is 0.337 e. The lowest BCUT2D eigenvalue weighted by Crippen LogP contribution is -2.49. The molecule has 1 fully saturated rings. The van der Waals surface area contributed by atoms with Crippen LogP contribution in [0.4, 0.5) is 0 Å². The molecule has 0 spiro atoms. The van der Waals surface area contributed by atoms with Gasteiger partial charge in [0.05, 0.1) is 22.7 Å². The van der Waals surface area contributed by atoms with Gasteiger partial charge in [-0.3, -0.25) is 14.2 Å². The summed E-state index contributed by atoms with van der Waals surface area (Å²) in [7, 11) is 0. The summed E-state index contributed by atoms with van der Waals surface area (Å²) in [5.74, 6) is -0.0588. The Balaban J connectivity index is 1.82. The van der Waals surface area contributed by atoms with E-state index in [2.05, 4.69) is 16.4 Å². The number of rotatable bonds is 6. The van der Waals surface area contributed by atoms with E-state index in [-0.39, 0.29) is 23.3 Å². The molecule has 28 heavy (non-hydrogen) atoms. The first-order valence-electron chi connectivity index (χ1n) is 9.86. The second-order valence-electron chi connectivity index (χ2n) is 7.44. The summed E-state index contributed by atoms with van der Waals surface area (Å²) < 4.78 is 1.68. The topological polar surface area (TPSA) is 87.8 Å². The number of nitriles is 1. The third-order valence-electron chi connectivity index (χ3n) is 5.44. The van der Waals surface area contributed by atoms with Gasteiger partial charge in [-0.1, -0.05) is 50.1 Å². The molecule has 0 aliphatic heterocycles. The molecule has 0 unspecified atom stereocenters. The van der Waals surface area contributed by atoms with Crippen LogP contribution < -0.4 is 10.9 Å². The average Bonchev–Trinajstić information content (AvgIpc) is 2.72. The first-order chi connectivity index (χ1) is 13.5. The highest BCUT2D eigenvalue weighted by atomic mass is 32.2. The molecule has 7 heteroatoms. The number of hydrogen-bond acceptors (Lipinski definition) is 5. The van der Waals surface area contributed by atoms with Gasteiger partial charge < -0.3 is 5.32 Å². The molecule has 2 aromatic rings. The third-order valence-corrected chi connectivity index (χ3v) is 6.39. The van der Waals surface area contributed by atoms with Crippen molar-refractivity contribution in [2.24, 2.45) is 0 Å². The molecule has 1 aliphatic carbocycles. The highest BCUT2D eigenvalue weighted by Crippen LogP contribution is 2.28. The quantitative estimate of drug-likeness (QED) is 0.591. The van der Waals surface area contributed by atoms with E-state index in [0.717, 1.165) is 25.7 Å². The molecular weight excluding hydrogens is 372 g/mol. The van der Waals surface area contributed by atoms with Crippen LogP contribution in [-0.4, -0.2) is 26.8 Å². The lowest BCUT2D eigenvalue weighted by Gasteiger charge is -2.31. The number of hydrogen-bond donors (Lipinski definition) is 1. The van der Waals surface area contributed by atoms with Crippen molar-refractivity contribution >= 4 is 28.6 Å². The highest BCUT2D eigenvalue weighted by Gasteiger charge is 2.33. The number of carbonyl (C=O) groups excluding carboxylic acids is 1. The molecule has 1 N–H and O–H groups in total. The highest BCUT2D eigenvalue weighted by molar-refractivity contribution is 7.99. The molecule has 1 heterocycles. The number of para-hydroxylation sites is 1. The summed E-state index contributed by atoms with van der Waals surface area (Å²) in [5.41, 5.74) is -0.192. The first-order valence-corrected chi connectivity index (χ1v) is 10.8. The fourth-order valence-corrected chi connectivity index (χ4v) is 4.55. The molecule has 1 aromatic heterocycles. The number of thioether (sulfide) groups is 1. The fraction of sp³-hybridized carbons (Fsp3) is 0.524. The number of fused-ring (bicyclic) bond motifs is 1. The number of benzene rings is 1. The van der Waals surface area contributed by atoms with Gasteiger partial charge in [0.15, 0.2) is 5.16 Å². The van der Waals surface area contributed by atoms with Crippen LogP contribution in [0, 0.1) is 11.3 Å². The number of nitrogens with one attached hydrogen (secondary N) is 1. The van der Waals surface area contributed by atoms with Crippen LogP contribution in [0.3, 0.4) is 0 Å². The van der Waals surface area contributed by atoms with Crippen molar-refractivity contribution in [2.75, 3.05) is 5.75 Å². The van der Waals surface area contributed by atoms with Gasteiger partial charge in [-0.25, -0.2) is 4.98 Å². The minimum atomic E-state index is -0.747. The van der Waals surface area contributed by atoms with E-state index in [1.54, 1.807) is 10.6 Å². The zero-order valence-corrected chi connectivity index (χ0v) is 17.2. The van der Waals surface area contributed by atoms with Crippen LogP contribution in [0.15, 0.2) is 34.2 Å². The van der Waals surface area contributed by atoms with Crippen molar-refractivity contribution in [3.05, 3.63) is 34.6 Å². The van der Waals surface area contributed by atoms with E-state index < -0.39 is 5.54 Å². The van der Waals surface area contributed by atoms with Gasteiger partial charge in [-0.2, -0.15) is 5.26 Å². The molecule has 0 bridgehead atoms. The number of amides is 1. The van der Waals surface area contributed by atoms with Gasteiger partial charge in [0.25, 0.3) is 5.56 Å². The predicted octanol–water partition coefficient (Wildman–Crippen LogP) is 3.80. The lowest BCUT2D eigenvalue weighted by molar-refractivity contribution is -0.120. The zero-order chi connectivity index (χ0) is 20.1. The molecule has 1 amide bonds. The van der Waals surface area contributed by atoms with Crippen molar-refractivity contribution in [3.63, 3.8) is 0 Å². The van der Waals surface area contributed by atoms with Gasteiger partial charge in [-0.05, 0) is 38.3 Å². The van der Waals surface area contributed by atoms with Crippen LogP contribution in [0.5, 0.6) is 0 Å².